The van der Waals surface area contributed by atoms with Gasteiger partial charge in [0.2, 0.25) is 11.8 Å². The van der Waals surface area contributed by atoms with Crippen LogP contribution in [-0.4, -0.2) is 18.4 Å². The summed E-state index contributed by atoms with van der Waals surface area (Å²) >= 11 is 0. The lowest BCUT2D eigenvalue weighted by atomic mass is 9.81. The fourth-order valence-electron chi connectivity index (χ4n) is 2.14. The van der Waals surface area contributed by atoms with Crippen LogP contribution in [0.4, 0.5) is 11.4 Å². The second-order valence-corrected chi connectivity index (χ2v) is 5.87. The van der Waals surface area contributed by atoms with Crippen molar-refractivity contribution in [2.75, 3.05) is 17.2 Å². The van der Waals surface area contributed by atoms with Gasteiger partial charge in [0.05, 0.1) is 5.41 Å². The Morgan fingerprint density at radius 3 is 1.86 bits per heavy atom. The number of rotatable bonds is 7. The number of amides is 2. The zero-order valence-corrected chi connectivity index (χ0v) is 13.9. The van der Waals surface area contributed by atoms with E-state index in [0.29, 0.717) is 30.8 Å². The normalized spacial score (nSPS) is 11.4. The largest absolute Gasteiger partial charge is 0.329 e. The third-order valence-corrected chi connectivity index (χ3v) is 4.16. The highest BCUT2D eigenvalue weighted by Gasteiger charge is 2.33. The van der Waals surface area contributed by atoms with Gasteiger partial charge < -0.3 is 16.4 Å². The van der Waals surface area contributed by atoms with Crippen molar-refractivity contribution in [3.8, 4) is 0 Å². The maximum absolute atomic E-state index is 12.4. The molecule has 1 rings (SSSR count). The van der Waals surface area contributed by atoms with Crippen LogP contribution >= 0.6 is 0 Å². The first kappa shape index (κ1) is 18.2. The summed E-state index contributed by atoms with van der Waals surface area (Å²) < 4.78 is 0. The van der Waals surface area contributed by atoms with Gasteiger partial charge in [0, 0.05) is 23.8 Å². The maximum atomic E-state index is 12.4. The predicted molar refractivity (Wildman–Crippen MR) is 90.6 cm³/mol. The minimum absolute atomic E-state index is 0.0316. The molecular weight excluding hydrogens is 278 g/mol. The van der Waals surface area contributed by atoms with Crippen molar-refractivity contribution in [2.24, 2.45) is 17.1 Å². The highest BCUT2D eigenvalue weighted by molar-refractivity contribution is 5.96. The Morgan fingerprint density at radius 1 is 1.05 bits per heavy atom. The van der Waals surface area contributed by atoms with Crippen molar-refractivity contribution in [2.45, 2.75) is 40.5 Å². The molecule has 0 unspecified atom stereocenters. The first-order chi connectivity index (χ1) is 10.4. The van der Waals surface area contributed by atoms with E-state index in [1.807, 2.05) is 27.7 Å². The standard InChI is InChI=1S/C17H27N3O2/c1-5-17(6-2,11-18)16(22)20-14-9-7-13(8-10-14)19-15(21)12(3)4/h7-10,12H,5-6,11,18H2,1-4H3,(H,19,21)(H,20,22). The van der Waals surface area contributed by atoms with Gasteiger partial charge in [0.15, 0.2) is 0 Å². The molecule has 1 aromatic carbocycles. The summed E-state index contributed by atoms with van der Waals surface area (Å²) in [5.41, 5.74) is 6.68. The SMILES string of the molecule is CCC(CC)(CN)C(=O)Nc1ccc(NC(=O)C(C)C)cc1. The van der Waals surface area contributed by atoms with E-state index in [1.54, 1.807) is 24.3 Å². The Hall–Kier alpha value is -1.88. The average molecular weight is 305 g/mol. The summed E-state index contributed by atoms with van der Waals surface area (Å²) in [4.78, 5) is 24.0. The Balaban J connectivity index is 2.75. The molecule has 0 aliphatic heterocycles. The topological polar surface area (TPSA) is 84.2 Å². The number of hydrogen-bond donors (Lipinski definition) is 3. The lowest BCUT2D eigenvalue weighted by Crippen LogP contribution is -2.41. The number of hydrogen-bond acceptors (Lipinski definition) is 3. The maximum Gasteiger partial charge on any atom is 0.231 e. The molecule has 0 aliphatic rings. The summed E-state index contributed by atoms with van der Waals surface area (Å²) in [5.74, 6) is -0.159. The number of anilines is 2. The van der Waals surface area contributed by atoms with Crippen molar-refractivity contribution >= 4 is 23.2 Å². The summed E-state index contributed by atoms with van der Waals surface area (Å²) in [5, 5.41) is 5.72. The monoisotopic (exact) mass is 305 g/mol. The van der Waals surface area contributed by atoms with Crippen LogP contribution in [0, 0.1) is 11.3 Å². The second kappa shape index (κ2) is 7.94. The van der Waals surface area contributed by atoms with E-state index >= 15 is 0 Å². The quantitative estimate of drug-likeness (QED) is 0.724. The van der Waals surface area contributed by atoms with Crippen LogP contribution in [0.15, 0.2) is 24.3 Å². The van der Waals surface area contributed by atoms with E-state index in [4.69, 9.17) is 5.73 Å². The molecule has 0 aromatic heterocycles. The van der Waals surface area contributed by atoms with Crippen molar-refractivity contribution in [1.29, 1.82) is 0 Å². The molecule has 0 saturated heterocycles. The van der Waals surface area contributed by atoms with Gasteiger partial charge in [-0.05, 0) is 37.1 Å². The first-order valence-electron chi connectivity index (χ1n) is 7.81. The van der Waals surface area contributed by atoms with Gasteiger partial charge in [-0.25, -0.2) is 0 Å². The number of nitrogens with one attached hydrogen (secondary N) is 2. The molecule has 0 radical (unpaired) electrons. The third-order valence-electron chi connectivity index (χ3n) is 4.16. The fourth-order valence-corrected chi connectivity index (χ4v) is 2.14. The molecule has 5 nitrogen and oxygen atoms in total. The molecule has 0 saturated carbocycles. The highest BCUT2D eigenvalue weighted by atomic mass is 16.2. The lowest BCUT2D eigenvalue weighted by molar-refractivity contribution is -0.125. The van der Waals surface area contributed by atoms with Crippen LogP contribution in [0.25, 0.3) is 0 Å². The Morgan fingerprint density at radius 2 is 1.50 bits per heavy atom. The van der Waals surface area contributed by atoms with Crippen LogP contribution in [0.2, 0.25) is 0 Å². The van der Waals surface area contributed by atoms with Crippen LogP contribution in [0.5, 0.6) is 0 Å². The molecule has 4 N–H and O–H groups in total. The van der Waals surface area contributed by atoms with Crippen molar-refractivity contribution < 1.29 is 9.59 Å². The average Bonchev–Trinajstić information content (AvgIpc) is 2.51. The smallest absolute Gasteiger partial charge is 0.231 e. The number of carbonyl (C=O) groups excluding carboxylic acids is 2. The molecule has 22 heavy (non-hydrogen) atoms. The summed E-state index contributed by atoms with van der Waals surface area (Å²) in [6.07, 6.45) is 1.41. The molecule has 0 atom stereocenters. The molecule has 122 valence electrons. The van der Waals surface area contributed by atoms with Gasteiger partial charge in [0.1, 0.15) is 0 Å². The van der Waals surface area contributed by atoms with E-state index < -0.39 is 5.41 Å². The van der Waals surface area contributed by atoms with E-state index in [0.717, 1.165) is 0 Å². The molecule has 0 aliphatic carbocycles. The first-order valence-corrected chi connectivity index (χ1v) is 7.81. The molecule has 1 aromatic rings. The van der Waals surface area contributed by atoms with Gasteiger partial charge in [-0.1, -0.05) is 27.7 Å². The zero-order chi connectivity index (χ0) is 16.8. The molecule has 0 spiro atoms. The lowest BCUT2D eigenvalue weighted by Gasteiger charge is -2.28. The zero-order valence-electron chi connectivity index (χ0n) is 13.9. The molecule has 0 heterocycles. The van der Waals surface area contributed by atoms with E-state index in [9.17, 15) is 9.59 Å². The van der Waals surface area contributed by atoms with Gasteiger partial charge in [-0.2, -0.15) is 0 Å². The van der Waals surface area contributed by atoms with Gasteiger partial charge in [-0.15, -0.1) is 0 Å². The molecule has 0 bridgehead atoms. The number of nitrogens with two attached hydrogens (primary N) is 1. The van der Waals surface area contributed by atoms with E-state index in [-0.39, 0.29) is 17.7 Å². The minimum Gasteiger partial charge on any atom is -0.329 e. The molecule has 0 fully saturated rings. The third kappa shape index (κ3) is 4.31. The Bertz CT molecular complexity index is 497. The van der Waals surface area contributed by atoms with E-state index in [2.05, 4.69) is 10.6 Å². The summed E-state index contributed by atoms with van der Waals surface area (Å²) in [7, 11) is 0. The van der Waals surface area contributed by atoms with Gasteiger partial charge in [0.25, 0.3) is 0 Å². The Labute approximate surface area is 132 Å². The number of carbonyl (C=O) groups is 2. The molecular formula is C17H27N3O2. The fraction of sp³-hybridized carbons (Fsp3) is 0.529. The minimum atomic E-state index is -0.523. The Kier molecular flexibility index (Phi) is 6.56. The highest BCUT2D eigenvalue weighted by Crippen LogP contribution is 2.27. The van der Waals surface area contributed by atoms with Crippen molar-refractivity contribution in [3.63, 3.8) is 0 Å². The summed E-state index contributed by atoms with van der Waals surface area (Å²) in [6.45, 7) is 7.95. The number of benzene rings is 1. The van der Waals surface area contributed by atoms with Crippen LogP contribution < -0.4 is 16.4 Å². The predicted octanol–water partition coefficient (Wildman–Crippen LogP) is 2.98. The second-order valence-electron chi connectivity index (χ2n) is 5.87. The molecule has 2 amide bonds. The van der Waals surface area contributed by atoms with Crippen LogP contribution in [-0.2, 0) is 9.59 Å². The molecule has 5 heteroatoms. The van der Waals surface area contributed by atoms with Crippen LogP contribution in [0.1, 0.15) is 40.5 Å². The van der Waals surface area contributed by atoms with Crippen molar-refractivity contribution in [1.82, 2.24) is 0 Å². The van der Waals surface area contributed by atoms with Crippen molar-refractivity contribution in [3.05, 3.63) is 24.3 Å². The van der Waals surface area contributed by atoms with Crippen LogP contribution in [0.3, 0.4) is 0 Å². The summed E-state index contributed by atoms with van der Waals surface area (Å²) in [6, 6.07) is 7.11. The van der Waals surface area contributed by atoms with Gasteiger partial charge >= 0.3 is 0 Å². The van der Waals surface area contributed by atoms with E-state index in [1.165, 1.54) is 0 Å². The van der Waals surface area contributed by atoms with Gasteiger partial charge in [-0.3, -0.25) is 9.59 Å².